The van der Waals surface area contributed by atoms with Crippen molar-refractivity contribution in [1.82, 2.24) is 10.4 Å². The molecule has 0 radical (unpaired) electrons. The molecule has 1 heterocycles. The van der Waals surface area contributed by atoms with Crippen molar-refractivity contribution >= 4 is 0 Å². The van der Waals surface area contributed by atoms with Gasteiger partial charge in [0.15, 0.2) is 0 Å². The molecule has 3 rings (SSSR count). The van der Waals surface area contributed by atoms with Gasteiger partial charge in [0.05, 0.1) is 7.11 Å². The van der Waals surface area contributed by atoms with Gasteiger partial charge in [0.2, 0.25) is 0 Å². The fourth-order valence-electron chi connectivity index (χ4n) is 3.39. The summed E-state index contributed by atoms with van der Waals surface area (Å²) in [6, 6.07) is 19.3. The highest BCUT2D eigenvalue weighted by molar-refractivity contribution is 5.43. The standard InChI is InChI=1S/C19H24N2O/c1-21-13-7-12-19(15-20-21,16-8-4-3-5-9-16)17-10-6-11-18(14-17)22-2/h3-6,8-11,14,20H,7,12-13,15H2,1-2H3/t19-/m1/s1. The molecule has 2 aromatic carbocycles. The summed E-state index contributed by atoms with van der Waals surface area (Å²) in [5.41, 5.74) is 6.24. The van der Waals surface area contributed by atoms with Crippen molar-refractivity contribution in [3.8, 4) is 5.75 Å². The molecule has 3 nitrogen and oxygen atoms in total. The summed E-state index contributed by atoms with van der Waals surface area (Å²) in [6.07, 6.45) is 2.29. The van der Waals surface area contributed by atoms with Gasteiger partial charge in [-0.1, -0.05) is 42.5 Å². The second-order valence-electron chi connectivity index (χ2n) is 6.04. The zero-order valence-corrected chi connectivity index (χ0v) is 13.4. The van der Waals surface area contributed by atoms with Crippen LogP contribution < -0.4 is 10.2 Å². The van der Waals surface area contributed by atoms with Gasteiger partial charge in [0, 0.05) is 25.6 Å². The third-order valence-electron chi connectivity index (χ3n) is 4.70. The van der Waals surface area contributed by atoms with Crippen molar-refractivity contribution in [3.05, 3.63) is 65.7 Å². The van der Waals surface area contributed by atoms with E-state index in [2.05, 4.69) is 66.0 Å². The maximum atomic E-state index is 5.45. The minimum Gasteiger partial charge on any atom is -0.497 e. The monoisotopic (exact) mass is 296 g/mol. The molecule has 0 bridgehead atoms. The Bertz CT molecular complexity index is 614. The number of hydrogen-bond donors (Lipinski definition) is 1. The highest BCUT2D eigenvalue weighted by atomic mass is 16.5. The third-order valence-corrected chi connectivity index (χ3v) is 4.70. The van der Waals surface area contributed by atoms with E-state index in [1.165, 1.54) is 11.1 Å². The summed E-state index contributed by atoms with van der Waals surface area (Å²) in [7, 11) is 3.85. The Morgan fingerprint density at radius 3 is 2.59 bits per heavy atom. The quantitative estimate of drug-likeness (QED) is 0.941. The molecular formula is C19H24N2O. The molecule has 1 N–H and O–H groups in total. The summed E-state index contributed by atoms with van der Waals surface area (Å²) in [5, 5.41) is 2.20. The van der Waals surface area contributed by atoms with Crippen molar-refractivity contribution in [2.75, 3.05) is 27.2 Å². The van der Waals surface area contributed by atoms with Crippen LogP contribution in [0.2, 0.25) is 0 Å². The molecule has 1 aliphatic heterocycles. The van der Waals surface area contributed by atoms with Crippen LogP contribution in [0.25, 0.3) is 0 Å². The Kier molecular flexibility index (Phi) is 4.46. The van der Waals surface area contributed by atoms with Crippen LogP contribution in [0, 0.1) is 0 Å². The molecule has 0 unspecified atom stereocenters. The molecule has 3 heteroatoms. The first kappa shape index (κ1) is 15.1. The zero-order valence-electron chi connectivity index (χ0n) is 13.4. The van der Waals surface area contributed by atoms with Crippen LogP contribution in [-0.2, 0) is 5.41 Å². The van der Waals surface area contributed by atoms with E-state index in [0.29, 0.717) is 0 Å². The predicted octanol–water partition coefficient (Wildman–Crippen LogP) is 3.21. The fraction of sp³-hybridized carbons (Fsp3) is 0.368. The number of hydrogen-bond acceptors (Lipinski definition) is 3. The Labute approximate surface area is 132 Å². The third kappa shape index (κ3) is 2.87. The molecule has 1 atom stereocenters. The number of rotatable bonds is 3. The van der Waals surface area contributed by atoms with E-state index in [1.54, 1.807) is 7.11 Å². The van der Waals surface area contributed by atoms with E-state index >= 15 is 0 Å². The van der Waals surface area contributed by atoms with Gasteiger partial charge in [-0.2, -0.15) is 0 Å². The number of nitrogens with one attached hydrogen (secondary N) is 1. The topological polar surface area (TPSA) is 24.5 Å². The lowest BCUT2D eigenvalue weighted by molar-refractivity contribution is 0.244. The summed E-state index contributed by atoms with van der Waals surface area (Å²) in [6.45, 7) is 1.97. The molecule has 22 heavy (non-hydrogen) atoms. The van der Waals surface area contributed by atoms with Gasteiger partial charge in [-0.3, -0.25) is 5.43 Å². The largest absolute Gasteiger partial charge is 0.497 e. The summed E-state index contributed by atoms with van der Waals surface area (Å²) < 4.78 is 5.45. The van der Waals surface area contributed by atoms with Crippen LogP contribution in [0.4, 0.5) is 0 Å². The van der Waals surface area contributed by atoms with Crippen LogP contribution in [0.3, 0.4) is 0 Å². The fourth-order valence-corrected chi connectivity index (χ4v) is 3.39. The number of benzene rings is 2. The Morgan fingerprint density at radius 1 is 1.05 bits per heavy atom. The molecule has 0 spiro atoms. The number of hydrazine groups is 1. The molecule has 116 valence electrons. The smallest absolute Gasteiger partial charge is 0.119 e. The van der Waals surface area contributed by atoms with E-state index in [4.69, 9.17) is 4.74 Å². The van der Waals surface area contributed by atoms with Crippen LogP contribution in [0.15, 0.2) is 54.6 Å². The van der Waals surface area contributed by atoms with E-state index < -0.39 is 0 Å². The molecule has 1 saturated heterocycles. The highest BCUT2D eigenvalue weighted by Gasteiger charge is 2.35. The van der Waals surface area contributed by atoms with E-state index in [0.717, 1.165) is 31.7 Å². The van der Waals surface area contributed by atoms with Gasteiger partial charge in [-0.25, -0.2) is 5.01 Å². The average Bonchev–Trinajstić information content (AvgIpc) is 2.78. The molecule has 1 fully saturated rings. The van der Waals surface area contributed by atoms with Crippen LogP contribution in [-0.4, -0.2) is 32.3 Å². The van der Waals surface area contributed by atoms with E-state index in [1.807, 2.05) is 6.07 Å². The van der Waals surface area contributed by atoms with Crippen LogP contribution in [0.5, 0.6) is 5.75 Å². The zero-order chi connectivity index (χ0) is 15.4. The lowest BCUT2D eigenvalue weighted by Gasteiger charge is -2.34. The second-order valence-corrected chi connectivity index (χ2v) is 6.04. The normalized spacial score (nSPS) is 23.0. The van der Waals surface area contributed by atoms with Crippen LogP contribution >= 0.6 is 0 Å². The van der Waals surface area contributed by atoms with Crippen molar-refractivity contribution in [3.63, 3.8) is 0 Å². The SMILES string of the molecule is COc1cccc([C@]2(c3ccccc3)CCCN(C)NC2)c1. The lowest BCUT2D eigenvalue weighted by Crippen LogP contribution is -2.42. The molecule has 0 saturated carbocycles. The van der Waals surface area contributed by atoms with Gasteiger partial charge >= 0.3 is 0 Å². The van der Waals surface area contributed by atoms with E-state index in [-0.39, 0.29) is 5.41 Å². The first-order valence-corrected chi connectivity index (χ1v) is 7.89. The summed E-state index contributed by atoms with van der Waals surface area (Å²) >= 11 is 0. The number of methoxy groups -OCH3 is 1. The highest BCUT2D eigenvalue weighted by Crippen LogP contribution is 2.38. The second kappa shape index (κ2) is 6.51. The summed E-state index contributed by atoms with van der Waals surface area (Å²) in [5.74, 6) is 0.922. The Morgan fingerprint density at radius 2 is 1.82 bits per heavy atom. The maximum Gasteiger partial charge on any atom is 0.119 e. The molecular weight excluding hydrogens is 272 g/mol. The Hall–Kier alpha value is -1.84. The van der Waals surface area contributed by atoms with Crippen molar-refractivity contribution in [2.45, 2.75) is 18.3 Å². The molecule has 0 aromatic heterocycles. The minimum atomic E-state index is -0.0133. The van der Waals surface area contributed by atoms with E-state index in [9.17, 15) is 0 Å². The maximum absolute atomic E-state index is 5.45. The van der Waals surface area contributed by atoms with Gasteiger partial charge in [-0.15, -0.1) is 0 Å². The first-order valence-electron chi connectivity index (χ1n) is 7.89. The Balaban J connectivity index is 2.09. The molecule has 1 aliphatic rings. The average molecular weight is 296 g/mol. The molecule has 0 amide bonds. The van der Waals surface area contributed by atoms with Gasteiger partial charge < -0.3 is 4.74 Å². The van der Waals surface area contributed by atoms with Crippen LogP contribution in [0.1, 0.15) is 24.0 Å². The molecule has 2 aromatic rings. The van der Waals surface area contributed by atoms with Crippen molar-refractivity contribution < 1.29 is 4.74 Å². The van der Waals surface area contributed by atoms with Gasteiger partial charge in [-0.05, 0) is 36.1 Å². The number of ether oxygens (including phenoxy) is 1. The molecule has 0 aliphatic carbocycles. The predicted molar refractivity (Wildman–Crippen MR) is 90.1 cm³/mol. The minimum absolute atomic E-state index is 0.0133. The lowest BCUT2D eigenvalue weighted by atomic mass is 9.71. The number of nitrogens with zero attached hydrogens (tertiary/aromatic N) is 1. The van der Waals surface area contributed by atoms with Crippen molar-refractivity contribution in [2.24, 2.45) is 0 Å². The summed E-state index contributed by atoms with van der Waals surface area (Å²) in [4.78, 5) is 0. The van der Waals surface area contributed by atoms with Gasteiger partial charge in [0.1, 0.15) is 5.75 Å². The first-order chi connectivity index (χ1) is 10.7. The van der Waals surface area contributed by atoms with Crippen molar-refractivity contribution in [1.29, 1.82) is 0 Å². The van der Waals surface area contributed by atoms with Gasteiger partial charge in [0.25, 0.3) is 0 Å².